The molecule has 1 fully saturated rings. The monoisotopic (exact) mass is 530 g/mol. The van der Waals surface area contributed by atoms with Crippen LogP contribution in [0.4, 0.5) is 8.78 Å². The summed E-state index contributed by atoms with van der Waals surface area (Å²) in [6, 6.07) is 17.1. The van der Waals surface area contributed by atoms with Crippen molar-refractivity contribution >= 4 is 32.3 Å². The predicted molar refractivity (Wildman–Crippen MR) is 137 cm³/mol. The maximum atomic E-state index is 13.9. The highest BCUT2D eigenvalue weighted by atomic mass is 35.5. The molecule has 36 heavy (non-hydrogen) atoms. The Labute approximate surface area is 214 Å². The lowest BCUT2D eigenvalue weighted by molar-refractivity contribution is 0.0955. The zero-order valence-electron chi connectivity index (χ0n) is 19.8. The van der Waals surface area contributed by atoms with Gasteiger partial charge >= 0.3 is 0 Å². The van der Waals surface area contributed by atoms with Gasteiger partial charge in [0.25, 0.3) is 5.91 Å². The van der Waals surface area contributed by atoms with Gasteiger partial charge in [0, 0.05) is 42.5 Å². The van der Waals surface area contributed by atoms with Crippen LogP contribution in [0.5, 0.6) is 0 Å². The lowest BCUT2D eigenvalue weighted by atomic mass is 9.91. The molecule has 0 radical (unpaired) electrons. The normalized spacial score (nSPS) is 14.8. The van der Waals surface area contributed by atoms with Gasteiger partial charge in [-0.05, 0) is 65.6 Å². The summed E-state index contributed by atoms with van der Waals surface area (Å²) in [5.74, 6) is -1.84. The van der Waals surface area contributed by atoms with Crippen LogP contribution in [-0.2, 0) is 9.84 Å². The molecule has 3 aromatic rings. The standard InChI is InChI=1S/C27H25ClF2N2O3S/c1-3-31-27(33)19-6-4-17(5-7-19)25(18-8-10-22(28)11-9-18)32-15-21(16-32)26(36(2,34)35)20-12-23(29)14-24(30)13-20/h4-14,25H,3,15-16H2,1-2H3,(H,31,33). The summed E-state index contributed by atoms with van der Waals surface area (Å²) >= 11 is 6.09. The van der Waals surface area contributed by atoms with E-state index in [0.717, 1.165) is 29.5 Å². The van der Waals surface area contributed by atoms with Gasteiger partial charge in [0.1, 0.15) is 11.6 Å². The molecule has 1 atom stereocenters. The zero-order valence-corrected chi connectivity index (χ0v) is 21.3. The number of sulfone groups is 1. The Morgan fingerprint density at radius 3 is 1.97 bits per heavy atom. The van der Waals surface area contributed by atoms with E-state index in [9.17, 15) is 22.0 Å². The summed E-state index contributed by atoms with van der Waals surface area (Å²) in [4.78, 5) is 14.2. The van der Waals surface area contributed by atoms with E-state index < -0.39 is 21.5 Å². The Hall–Kier alpha value is -3.07. The van der Waals surface area contributed by atoms with E-state index in [1.165, 1.54) is 0 Å². The van der Waals surface area contributed by atoms with Gasteiger partial charge in [-0.2, -0.15) is 0 Å². The topological polar surface area (TPSA) is 66.5 Å². The molecule has 0 saturated carbocycles. The van der Waals surface area contributed by atoms with Gasteiger partial charge < -0.3 is 5.32 Å². The van der Waals surface area contributed by atoms with Crippen LogP contribution >= 0.6 is 11.6 Å². The molecule has 0 bridgehead atoms. The van der Waals surface area contributed by atoms with Crippen molar-refractivity contribution in [2.45, 2.75) is 13.0 Å². The first-order valence-corrected chi connectivity index (χ1v) is 13.6. The Morgan fingerprint density at radius 2 is 1.47 bits per heavy atom. The number of carbonyl (C=O) groups is 1. The Bertz CT molecular complexity index is 1390. The number of halogens is 3. The molecule has 1 saturated heterocycles. The summed E-state index contributed by atoms with van der Waals surface area (Å²) in [5, 5.41) is 3.35. The van der Waals surface area contributed by atoms with Crippen molar-refractivity contribution in [3.8, 4) is 0 Å². The number of nitrogens with one attached hydrogen (secondary N) is 1. The molecular weight excluding hydrogens is 506 g/mol. The van der Waals surface area contributed by atoms with Crippen LogP contribution in [0.1, 0.15) is 40.0 Å². The number of amides is 1. The second kappa shape index (κ2) is 10.5. The fourth-order valence-corrected chi connectivity index (χ4v) is 5.80. The smallest absolute Gasteiger partial charge is 0.251 e. The highest BCUT2D eigenvalue weighted by Crippen LogP contribution is 2.38. The first-order chi connectivity index (χ1) is 17.1. The lowest BCUT2D eigenvalue weighted by Gasteiger charge is -2.42. The lowest BCUT2D eigenvalue weighted by Crippen LogP contribution is -2.44. The van der Waals surface area contributed by atoms with Crippen LogP contribution < -0.4 is 5.32 Å². The number of likely N-dealkylation sites (tertiary alicyclic amines) is 1. The van der Waals surface area contributed by atoms with Crippen LogP contribution in [-0.4, -0.2) is 45.1 Å². The van der Waals surface area contributed by atoms with Crippen molar-refractivity contribution in [1.82, 2.24) is 10.2 Å². The van der Waals surface area contributed by atoms with E-state index in [1.807, 2.05) is 31.2 Å². The van der Waals surface area contributed by atoms with Crippen molar-refractivity contribution in [1.29, 1.82) is 0 Å². The molecule has 1 amide bonds. The van der Waals surface area contributed by atoms with Crippen LogP contribution in [0, 0.1) is 11.6 Å². The molecule has 3 aromatic carbocycles. The van der Waals surface area contributed by atoms with Gasteiger partial charge in [-0.1, -0.05) is 35.9 Å². The molecular formula is C27H25ClF2N2O3S. The molecule has 1 heterocycles. The van der Waals surface area contributed by atoms with Crippen LogP contribution in [0.25, 0.3) is 4.91 Å². The molecule has 1 aliphatic heterocycles. The Balaban J connectivity index is 1.71. The number of hydrogen-bond acceptors (Lipinski definition) is 4. The number of nitrogens with zero attached hydrogens (tertiary/aromatic N) is 1. The Morgan fingerprint density at radius 1 is 0.944 bits per heavy atom. The molecule has 9 heteroatoms. The second-order valence-corrected chi connectivity index (χ2v) is 11.1. The zero-order chi connectivity index (χ0) is 26.0. The average Bonchev–Trinajstić information content (AvgIpc) is 2.77. The minimum atomic E-state index is -3.76. The Kier molecular flexibility index (Phi) is 7.59. The molecule has 1 N–H and O–H groups in total. The van der Waals surface area contributed by atoms with E-state index >= 15 is 0 Å². The van der Waals surface area contributed by atoms with Crippen molar-refractivity contribution in [2.75, 3.05) is 25.9 Å². The third-order valence-corrected chi connectivity index (χ3v) is 7.50. The maximum absolute atomic E-state index is 13.9. The first-order valence-electron chi connectivity index (χ1n) is 11.3. The minimum absolute atomic E-state index is 0.000942. The minimum Gasteiger partial charge on any atom is -0.352 e. The molecule has 1 unspecified atom stereocenters. The third-order valence-electron chi connectivity index (χ3n) is 5.98. The summed E-state index contributed by atoms with van der Waals surface area (Å²) < 4.78 is 53.0. The second-order valence-electron chi connectivity index (χ2n) is 8.70. The van der Waals surface area contributed by atoms with Crippen LogP contribution in [0.15, 0.2) is 72.3 Å². The van der Waals surface area contributed by atoms with E-state index in [4.69, 9.17) is 11.6 Å². The average molecular weight is 531 g/mol. The molecule has 0 aromatic heterocycles. The van der Waals surface area contributed by atoms with E-state index in [-0.39, 0.29) is 35.5 Å². The van der Waals surface area contributed by atoms with Crippen molar-refractivity contribution in [3.63, 3.8) is 0 Å². The van der Waals surface area contributed by atoms with Crippen molar-refractivity contribution < 1.29 is 22.0 Å². The fourth-order valence-electron chi connectivity index (χ4n) is 4.47. The van der Waals surface area contributed by atoms with Crippen LogP contribution in [0.2, 0.25) is 5.02 Å². The fraction of sp³-hybridized carbons (Fsp3) is 0.222. The van der Waals surface area contributed by atoms with E-state index in [0.29, 0.717) is 28.8 Å². The third kappa shape index (κ3) is 5.67. The maximum Gasteiger partial charge on any atom is 0.251 e. The van der Waals surface area contributed by atoms with Gasteiger partial charge in [0.05, 0.1) is 10.9 Å². The molecule has 4 rings (SSSR count). The number of carbonyl (C=O) groups excluding carboxylic acids is 1. The molecule has 5 nitrogen and oxygen atoms in total. The van der Waals surface area contributed by atoms with Crippen molar-refractivity contribution in [3.05, 3.63) is 111 Å². The highest BCUT2D eigenvalue weighted by molar-refractivity contribution is 8.00. The quantitative estimate of drug-likeness (QED) is 0.454. The van der Waals surface area contributed by atoms with Crippen molar-refractivity contribution in [2.24, 2.45) is 0 Å². The van der Waals surface area contributed by atoms with E-state index in [1.54, 1.807) is 24.3 Å². The SMILES string of the molecule is CCNC(=O)c1ccc(C(c2ccc(Cl)cc2)N2CC(=C(c3cc(F)cc(F)c3)S(C)(=O)=O)C2)cc1. The largest absolute Gasteiger partial charge is 0.352 e. The molecule has 1 aliphatic rings. The van der Waals surface area contributed by atoms with Gasteiger partial charge in [-0.15, -0.1) is 0 Å². The molecule has 0 aliphatic carbocycles. The summed E-state index contributed by atoms with van der Waals surface area (Å²) in [7, 11) is -3.76. The highest BCUT2D eigenvalue weighted by Gasteiger charge is 2.35. The van der Waals surface area contributed by atoms with Gasteiger partial charge in [-0.3, -0.25) is 9.69 Å². The van der Waals surface area contributed by atoms with Gasteiger partial charge in [0.15, 0.2) is 9.84 Å². The predicted octanol–water partition coefficient (Wildman–Crippen LogP) is 5.23. The molecule has 188 valence electrons. The summed E-state index contributed by atoms with van der Waals surface area (Å²) in [6.45, 7) is 2.94. The summed E-state index contributed by atoms with van der Waals surface area (Å²) in [6.07, 6.45) is 1.04. The molecule has 0 spiro atoms. The van der Waals surface area contributed by atoms with Gasteiger partial charge in [0.2, 0.25) is 0 Å². The van der Waals surface area contributed by atoms with Gasteiger partial charge in [-0.25, -0.2) is 17.2 Å². The van der Waals surface area contributed by atoms with E-state index in [2.05, 4.69) is 10.2 Å². The first kappa shape index (κ1) is 26.0. The summed E-state index contributed by atoms with van der Waals surface area (Å²) in [5.41, 5.74) is 2.94. The number of benzene rings is 3. The van der Waals surface area contributed by atoms with Crippen LogP contribution in [0.3, 0.4) is 0 Å². The number of rotatable bonds is 7. The number of hydrogen-bond donors (Lipinski definition) is 1.